The van der Waals surface area contributed by atoms with Crippen LogP contribution in [0.15, 0.2) is 18.3 Å². The van der Waals surface area contributed by atoms with E-state index in [2.05, 4.69) is 18.0 Å². The van der Waals surface area contributed by atoms with E-state index in [9.17, 15) is 0 Å². The molecule has 3 heteroatoms. The number of allylic oxidation sites excluding steroid dienone is 1. The van der Waals surface area contributed by atoms with Gasteiger partial charge in [0.25, 0.3) is 0 Å². The van der Waals surface area contributed by atoms with Gasteiger partial charge in [-0.3, -0.25) is 0 Å². The van der Waals surface area contributed by atoms with E-state index in [4.69, 9.17) is 5.26 Å². The summed E-state index contributed by atoms with van der Waals surface area (Å²) < 4.78 is 0. The first-order chi connectivity index (χ1) is 5.63. The number of thiophene rings is 1. The molecular formula is C9H10N2S. The second-order valence-corrected chi connectivity index (χ2v) is 3.87. The first-order valence-corrected chi connectivity index (χ1v) is 4.38. The quantitative estimate of drug-likeness (QED) is 0.755. The van der Waals surface area contributed by atoms with Crippen molar-refractivity contribution >= 4 is 16.3 Å². The van der Waals surface area contributed by atoms with Crippen molar-refractivity contribution in [2.75, 3.05) is 5.32 Å². The molecule has 2 nitrogen and oxygen atoms in total. The van der Waals surface area contributed by atoms with Gasteiger partial charge in [0.1, 0.15) is 11.1 Å². The van der Waals surface area contributed by atoms with Gasteiger partial charge in [-0.1, -0.05) is 6.58 Å². The lowest BCUT2D eigenvalue weighted by Crippen LogP contribution is -1.91. The minimum absolute atomic E-state index is 0.695. The summed E-state index contributed by atoms with van der Waals surface area (Å²) in [7, 11) is 0. The number of hydrogen-bond donors (Lipinski definition) is 1. The first-order valence-electron chi connectivity index (χ1n) is 3.56. The standard InChI is InChI=1S/C9H10N2S/c1-6(2)11-9-8(5-10)4-7(3)12-9/h4,11H,1H2,2-3H3. The Hall–Kier alpha value is -1.27. The zero-order valence-electron chi connectivity index (χ0n) is 7.14. The lowest BCUT2D eigenvalue weighted by Gasteiger charge is -2.00. The molecule has 0 unspecified atom stereocenters. The molecule has 0 aliphatic heterocycles. The maximum atomic E-state index is 8.73. The van der Waals surface area contributed by atoms with Crippen LogP contribution in [0.25, 0.3) is 0 Å². The summed E-state index contributed by atoms with van der Waals surface area (Å²) in [5.41, 5.74) is 1.55. The Bertz CT molecular complexity index is 344. The number of nitrogens with one attached hydrogen (secondary N) is 1. The van der Waals surface area contributed by atoms with Gasteiger partial charge in [-0.25, -0.2) is 0 Å². The maximum absolute atomic E-state index is 8.73. The summed E-state index contributed by atoms with van der Waals surface area (Å²) in [5.74, 6) is 0. The summed E-state index contributed by atoms with van der Waals surface area (Å²) in [5, 5.41) is 12.7. The molecule has 1 rings (SSSR count). The van der Waals surface area contributed by atoms with Crippen LogP contribution in [0.5, 0.6) is 0 Å². The van der Waals surface area contributed by atoms with E-state index in [0.29, 0.717) is 5.56 Å². The van der Waals surface area contributed by atoms with Gasteiger partial charge in [-0.05, 0) is 19.9 Å². The zero-order chi connectivity index (χ0) is 9.14. The SMILES string of the molecule is C=C(C)Nc1sc(C)cc1C#N. The summed E-state index contributed by atoms with van der Waals surface area (Å²) in [6, 6.07) is 4.00. The Morgan fingerprint density at radius 3 is 2.92 bits per heavy atom. The zero-order valence-corrected chi connectivity index (χ0v) is 7.96. The fourth-order valence-corrected chi connectivity index (χ4v) is 1.82. The molecule has 0 saturated heterocycles. The molecule has 0 aliphatic rings. The number of nitrogens with zero attached hydrogens (tertiary/aromatic N) is 1. The predicted octanol–water partition coefficient (Wildman–Crippen LogP) is 2.87. The summed E-state index contributed by atoms with van der Waals surface area (Å²) >= 11 is 1.57. The van der Waals surface area contributed by atoms with Crippen molar-refractivity contribution in [3.63, 3.8) is 0 Å². The van der Waals surface area contributed by atoms with Crippen LogP contribution in [-0.2, 0) is 0 Å². The van der Waals surface area contributed by atoms with Crippen LogP contribution in [0.1, 0.15) is 17.4 Å². The molecule has 0 bridgehead atoms. The fourth-order valence-electron chi connectivity index (χ4n) is 0.884. The molecule has 12 heavy (non-hydrogen) atoms. The molecule has 0 atom stereocenters. The first kappa shape index (κ1) is 8.82. The normalized spacial score (nSPS) is 9.08. The van der Waals surface area contributed by atoms with Crippen molar-refractivity contribution in [1.29, 1.82) is 5.26 Å². The summed E-state index contributed by atoms with van der Waals surface area (Å²) in [4.78, 5) is 1.13. The topological polar surface area (TPSA) is 35.8 Å². The largest absolute Gasteiger partial charge is 0.350 e. The predicted molar refractivity (Wildman–Crippen MR) is 52.2 cm³/mol. The Balaban J connectivity index is 2.99. The highest BCUT2D eigenvalue weighted by Crippen LogP contribution is 2.27. The average molecular weight is 178 g/mol. The number of rotatable bonds is 2. The van der Waals surface area contributed by atoms with Crippen molar-refractivity contribution in [1.82, 2.24) is 0 Å². The molecule has 0 fully saturated rings. The molecule has 0 radical (unpaired) electrons. The number of nitriles is 1. The van der Waals surface area contributed by atoms with Crippen LogP contribution < -0.4 is 5.32 Å². The third kappa shape index (κ3) is 1.86. The van der Waals surface area contributed by atoms with Gasteiger partial charge in [0, 0.05) is 10.6 Å². The maximum Gasteiger partial charge on any atom is 0.111 e. The minimum Gasteiger partial charge on any atom is -0.350 e. The summed E-state index contributed by atoms with van der Waals surface area (Å²) in [6.45, 7) is 7.57. The molecule has 1 N–H and O–H groups in total. The van der Waals surface area contributed by atoms with Gasteiger partial charge in [0.2, 0.25) is 0 Å². The van der Waals surface area contributed by atoms with E-state index >= 15 is 0 Å². The van der Waals surface area contributed by atoms with E-state index in [0.717, 1.165) is 15.6 Å². The molecule has 62 valence electrons. The van der Waals surface area contributed by atoms with Crippen molar-refractivity contribution < 1.29 is 0 Å². The molecule has 0 spiro atoms. The highest BCUT2D eigenvalue weighted by atomic mass is 32.1. The Kier molecular flexibility index (Phi) is 2.51. The monoisotopic (exact) mass is 178 g/mol. The molecule has 1 aromatic heterocycles. The molecule has 0 saturated carbocycles. The lowest BCUT2D eigenvalue weighted by molar-refractivity contribution is 1.41. The van der Waals surface area contributed by atoms with Gasteiger partial charge < -0.3 is 5.32 Å². The Labute approximate surface area is 76.1 Å². The van der Waals surface area contributed by atoms with E-state index in [-0.39, 0.29) is 0 Å². The van der Waals surface area contributed by atoms with E-state index < -0.39 is 0 Å². The number of aryl methyl sites for hydroxylation is 1. The molecule has 1 heterocycles. The van der Waals surface area contributed by atoms with Gasteiger partial charge in [0.15, 0.2) is 0 Å². The van der Waals surface area contributed by atoms with E-state index in [1.54, 1.807) is 11.3 Å². The minimum atomic E-state index is 0.695. The fraction of sp³-hybridized carbons (Fsp3) is 0.222. The Morgan fingerprint density at radius 1 is 1.75 bits per heavy atom. The highest BCUT2D eigenvalue weighted by Gasteiger charge is 2.04. The van der Waals surface area contributed by atoms with Crippen LogP contribution >= 0.6 is 11.3 Å². The van der Waals surface area contributed by atoms with Gasteiger partial charge in [-0.2, -0.15) is 5.26 Å². The van der Waals surface area contributed by atoms with Crippen LogP contribution in [0, 0.1) is 18.3 Å². The van der Waals surface area contributed by atoms with Crippen LogP contribution in [-0.4, -0.2) is 0 Å². The number of anilines is 1. The van der Waals surface area contributed by atoms with E-state index in [1.807, 2.05) is 19.9 Å². The van der Waals surface area contributed by atoms with Crippen molar-refractivity contribution in [2.45, 2.75) is 13.8 Å². The van der Waals surface area contributed by atoms with Crippen molar-refractivity contribution in [2.24, 2.45) is 0 Å². The molecule has 0 aliphatic carbocycles. The van der Waals surface area contributed by atoms with Crippen LogP contribution in [0.3, 0.4) is 0 Å². The van der Waals surface area contributed by atoms with Crippen molar-refractivity contribution in [3.05, 3.63) is 28.8 Å². The molecular weight excluding hydrogens is 168 g/mol. The third-order valence-electron chi connectivity index (χ3n) is 1.30. The van der Waals surface area contributed by atoms with Crippen molar-refractivity contribution in [3.8, 4) is 6.07 Å². The molecule has 0 aromatic carbocycles. The molecule has 0 amide bonds. The Morgan fingerprint density at radius 2 is 2.42 bits per heavy atom. The molecule has 1 aromatic rings. The average Bonchev–Trinajstić information content (AvgIpc) is 2.29. The second kappa shape index (κ2) is 3.42. The van der Waals surface area contributed by atoms with Crippen LogP contribution in [0.4, 0.5) is 5.00 Å². The second-order valence-electron chi connectivity index (χ2n) is 2.62. The summed E-state index contributed by atoms with van der Waals surface area (Å²) in [6.07, 6.45) is 0. The van der Waals surface area contributed by atoms with Gasteiger partial charge >= 0.3 is 0 Å². The smallest absolute Gasteiger partial charge is 0.111 e. The van der Waals surface area contributed by atoms with Gasteiger partial charge in [-0.15, -0.1) is 11.3 Å². The lowest BCUT2D eigenvalue weighted by atomic mass is 10.3. The van der Waals surface area contributed by atoms with E-state index in [1.165, 1.54) is 0 Å². The third-order valence-corrected chi connectivity index (χ3v) is 2.27. The van der Waals surface area contributed by atoms with Gasteiger partial charge in [0.05, 0.1) is 5.56 Å². The highest BCUT2D eigenvalue weighted by molar-refractivity contribution is 7.16. The van der Waals surface area contributed by atoms with Crippen LogP contribution in [0.2, 0.25) is 0 Å². The number of hydrogen-bond acceptors (Lipinski definition) is 3.